The number of amides is 1. The summed E-state index contributed by atoms with van der Waals surface area (Å²) in [6, 6.07) is 8.97. The molecule has 0 saturated heterocycles. The summed E-state index contributed by atoms with van der Waals surface area (Å²) in [6.07, 6.45) is -1.64. The number of hydrogen-bond acceptors (Lipinski definition) is 6. The third-order valence-electron chi connectivity index (χ3n) is 3.35. The Balaban J connectivity index is 1.90. The summed E-state index contributed by atoms with van der Waals surface area (Å²) in [5, 5.41) is 8.53. The van der Waals surface area contributed by atoms with Crippen LogP contribution in [0.5, 0.6) is 11.5 Å². The minimum atomic E-state index is -0.952. The summed E-state index contributed by atoms with van der Waals surface area (Å²) in [4.78, 5) is 25.5. The fraction of sp³-hybridized carbons (Fsp3) is 0.438. The first kappa shape index (κ1) is 16.6. The Kier molecular flexibility index (Phi) is 5.41. The zero-order valence-corrected chi connectivity index (χ0v) is 13.0. The molecule has 0 spiro atoms. The number of nitrogens with zero attached hydrogens (tertiary/aromatic N) is 2. The van der Waals surface area contributed by atoms with E-state index in [9.17, 15) is 9.59 Å². The maximum atomic E-state index is 12.1. The van der Waals surface area contributed by atoms with Gasteiger partial charge in [-0.05, 0) is 19.1 Å². The van der Waals surface area contributed by atoms with Crippen molar-refractivity contribution in [3.63, 3.8) is 0 Å². The monoisotopic (exact) mass is 318 g/mol. The van der Waals surface area contributed by atoms with Crippen molar-refractivity contribution in [1.82, 2.24) is 4.90 Å². The van der Waals surface area contributed by atoms with Crippen LogP contribution < -0.4 is 9.47 Å². The molecule has 0 N–H and O–H groups in total. The topological polar surface area (TPSA) is 88.9 Å². The first-order chi connectivity index (χ1) is 11.0. The molecule has 7 heteroatoms. The summed E-state index contributed by atoms with van der Waals surface area (Å²) in [6.45, 7) is 1.80. The van der Waals surface area contributed by atoms with Gasteiger partial charge < -0.3 is 19.1 Å². The molecule has 1 aromatic carbocycles. The molecule has 1 amide bonds. The number of fused-ring (bicyclic) bond motifs is 1. The van der Waals surface area contributed by atoms with Crippen LogP contribution in [0.2, 0.25) is 0 Å². The number of nitriles is 1. The van der Waals surface area contributed by atoms with Gasteiger partial charge in [-0.2, -0.15) is 5.26 Å². The van der Waals surface area contributed by atoms with Crippen molar-refractivity contribution < 1.29 is 23.8 Å². The molecule has 23 heavy (non-hydrogen) atoms. The van der Waals surface area contributed by atoms with Crippen molar-refractivity contribution in [3.8, 4) is 17.6 Å². The average Bonchev–Trinajstić information content (AvgIpc) is 2.58. The van der Waals surface area contributed by atoms with Gasteiger partial charge in [-0.1, -0.05) is 12.1 Å². The lowest BCUT2D eigenvalue weighted by Gasteiger charge is -2.26. The van der Waals surface area contributed by atoms with Crippen molar-refractivity contribution in [2.75, 3.05) is 20.2 Å². The number of carbonyl (C=O) groups is 2. The van der Waals surface area contributed by atoms with Crippen molar-refractivity contribution >= 4 is 11.9 Å². The zero-order valence-electron chi connectivity index (χ0n) is 13.0. The molecular weight excluding hydrogens is 300 g/mol. The summed E-state index contributed by atoms with van der Waals surface area (Å²) < 4.78 is 16.1. The van der Waals surface area contributed by atoms with Gasteiger partial charge in [-0.15, -0.1) is 0 Å². The van der Waals surface area contributed by atoms with E-state index in [0.717, 1.165) is 0 Å². The van der Waals surface area contributed by atoms with Gasteiger partial charge in [0, 0.05) is 13.6 Å². The predicted molar refractivity (Wildman–Crippen MR) is 79.8 cm³/mol. The van der Waals surface area contributed by atoms with E-state index in [0.29, 0.717) is 11.5 Å². The predicted octanol–water partition coefficient (Wildman–Crippen LogP) is 1.13. The molecule has 7 nitrogen and oxygen atoms in total. The Labute approximate surface area is 134 Å². The fourth-order valence-corrected chi connectivity index (χ4v) is 2.07. The molecule has 0 radical (unpaired) electrons. The Morgan fingerprint density at radius 1 is 1.43 bits per heavy atom. The minimum Gasteiger partial charge on any atom is -0.485 e. The molecule has 1 heterocycles. The highest BCUT2D eigenvalue weighted by atomic mass is 16.6. The second-order valence-electron chi connectivity index (χ2n) is 5.11. The maximum absolute atomic E-state index is 12.1. The van der Waals surface area contributed by atoms with E-state index in [4.69, 9.17) is 19.5 Å². The Bertz CT molecular complexity index is 625. The number of rotatable bonds is 5. The number of hydrogen-bond donors (Lipinski definition) is 0. The molecule has 2 atom stereocenters. The number of para-hydroxylation sites is 2. The van der Waals surface area contributed by atoms with Crippen molar-refractivity contribution in [2.24, 2.45) is 0 Å². The molecule has 1 aliphatic heterocycles. The highest BCUT2D eigenvalue weighted by Gasteiger charge is 2.31. The second-order valence-corrected chi connectivity index (χ2v) is 5.11. The number of esters is 1. The van der Waals surface area contributed by atoms with E-state index in [-0.39, 0.29) is 25.5 Å². The number of benzene rings is 1. The molecule has 0 bridgehead atoms. The van der Waals surface area contributed by atoms with Gasteiger partial charge >= 0.3 is 5.97 Å². The van der Waals surface area contributed by atoms with Gasteiger partial charge in [0.1, 0.15) is 6.61 Å². The lowest BCUT2D eigenvalue weighted by atomic mass is 10.2. The van der Waals surface area contributed by atoms with Gasteiger partial charge in [-0.25, -0.2) is 4.79 Å². The standard InChI is InChI=1S/C16H18N2O5/c1-11(15(19)18(2)9-5-8-17)22-16(20)14-10-21-12-6-3-4-7-13(12)23-14/h3-4,6-7,11,14H,5,9-10H2,1-2H3/t11-,14-/m0/s1. The SMILES string of the molecule is C[C@H](OC(=O)[C@@H]1COc2ccccc2O1)C(=O)N(C)CCC#N. The lowest BCUT2D eigenvalue weighted by molar-refractivity contribution is -0.166. The maximum Gasteiger partial charge on any atom is 0.351 e. The van der Waals surface area contributed by atoms with E-state index >= 15 is 0 Å². The number of likely N-dealkylation sites (N-methyl/N-ethyl adjacent to an activating group) is 1. The molecule has 0 aromatic heterocycles. The van der Waals surface area contributed by atoms with Crippen LogP contribution in [0.1, 0.15) is 13.3 Å². The number of ether oxygens (including phenoxy) is 3. The summed E-state index contributed by atoms with van der Waals surface area (Å²) in [5.74, 6) is 0.00231. The van der Waals surface area contributed by atoms with Crippen LogP contribution >= 0.6 is 0 Å². The fourth-order valence-electron chi connectivity index (χ4n) is 2.07. The Morgan fingerprint density at radius 3 is 2.83 bits per heavy atom. The van der Waals surface area contributed by atoms with E-state index in [1.54, 1.807) is 31.3 Å². The molecule has 2 rings (SSSR count). The highest BCUT2D eigenvalue weighted by molar-refractivity contribution is 5.84. The molecule has 122 valence electrons. The second kappa shape index (κ2) is 7.49. The molecular formula is C16H18N2O5. The molecule has 0 fully saturated rings. The van der Waals surface area contributed by atoms with Crippen LogP contribution in [0.15, 0.2) is 24.3 Å². The summed E-state index contributed by atoms with van der Waals surface area (Å²) >= 11 is 0. The highest BCUT2D eigenvalue weighted by Crippen LogP contribution is 2.31. The van der Waals surface area contributed by atoms with E-state index in [1.807, 2.05) is 6.07 Å². The van der Waals surface area contributed by atoms with Crippen molar-refractivity contribution in [2.45, 2.75) is 25.6 Å². The van der Waals surface area contributed by atoms with Crippen LogP contribution in [-0.4, -0.2) is 49.2 Å². The average molecular weight is 318 g/mol. The van der Waals surface area contributed by atoms with E-state index < -0.39 is 18.2 Å². The van der Waals surface area contributed by atoms with Crippen LogP contribution in [-0.2, 0) is 14.3 Å². The largest absolute Gasteiger partial charge is 0.485 e. The summed E-state index contributed by atoms with van der Waals surface area (Å²) in [5.41, 5.74) is 0. The number of carbonyl (C=O) groups excluding carboxylic acids is 2. The Hall–Kier alpha value is -2.75. The molecule has 0 unspecified atom stereocenters. The lowest BCUT2D eigenvalue weighted by Crippen LogP contribution is -2.43. The van der Waals surface area contributed by atoms with Crippen LogP contribution in [0.4, 0.5) is 0 Å². The first-order valence-electron chi connectivity index (χ1n) is 7.24. The third kappa shape index (κ3) is 4.13. The molecule has 0 saturated carbocycles. The van der Waals surface area contributed by atoms with E-state index in [2.05, 4.69) is 0 Å². The van der Waals surface area contributed by atoms with Gasteiger partial charge in [0.25, 0.3) is 5.91 Å². The third-order valence-corrected chi connectivity index (χ3v) is 3.35. The quantitative estimate of drug-likeness (QED) is 0.756. The molecule has 1 aliphatic rings. The molecule has 1 aromatic rings. The smallest absolute Gasteiger partial charge is 0.351 e. The van der Waals surface area contributed by atoms with E-state index in [1.165, 1.54) is 11.8 Å². The summed E-state index contributed by atoms with van der Waals surface area (Å²) in [7, 11) is 1.56. The van der Waals surface area contributed by atoms with Gasteiger partial charge in [-0.3, -0.25) is 4.79 Å². The van der Waals surface area contributed by atoms with Gasteiger partial charge in [0.2, 0.25) is 6.10 Å². The van der Waals surface area contributed by atoms with Gasteiger partial charge in [0.15, 0.2) is 17.6 Å². The van der Waals surface area contributed by atoms with Gasteiger partial charge in [0.05, 0.1) is 12.5 Å². The first-order valence-corrected chi connectivity index (χ1v) is 7.24. The normalized spacial score (nSPS) is 16.8. The Morgan fingerprint density at radius 2 is 2.13 bits per heavy atom. The van der Waals surface area contributed by atoms with Crippen LogP contribution in [0.25, 0.3) is 0 Å². The van der Waals surface area contributed by atoms with Crippen LogP contribution in [0, 0.1) is 11.3 Å². The molecule has 0 aliphatic carbocycles. The zero-order chi connectivity index (χ0) is 16.8. The van der Waals surface area contributed by atoms with Crippen molar-refractivity contribution in [3.05, 3.63) is 24.3 Å². The minimum absolute atomic E-state index is 0.0288. The van der Waals surface area contributed by atoms with Crippen LogP contribution in [0.3, 0.4) is 0 Å². The van der Waals surface area contributed by atoms with Crippen molar-refractivity contribution in [1.29, 1.82) is 5.26 Å².